The molecule has 0 spiro atoms. The van der Waals surface area contributed by atoms with Crippen LogP contribution in [0.25, 0.3) is 0 Å². The van der Waals surface area contributed by atoms with Gasteiger partial charge in [0.15, 0.2) is 0 Å². The Morgan fingerprint density at radius 3 is 2.38 bits per heavy atom. The fraction of sp³-hybridized carbons (Fsp3) is 0.632. The minimum Gasteiger partial charge on any atom is -0.481 e. The van der Waals surface area contributed by atoms with Crippen molar-refractivity contribution in [1.82, 2.24) is 0 Å². The quantitative estimate of drug-likeness (QED) is 0.853. The van der Waals surface area contributed by atoms with Gasteiger partial charge in [-0.3, -0.25) is 4.79 Å². The van der Waals surface area contributed by atoms with E-state index < -0.39 is 5.97 Å². The Bertz CT molecular complexity index is 528. The molecule has 0 radical (unpaired) electrons. The molecule has 1 aromatic carbocycles. The van der Waals surface area contributed by atoms with Crippen molar-refractivity contribution in [2.24, 2.45) is 11.3 Å². The molecule has 1 aromatic rings. The summed E-state index contributed by atoms with van der Waals surface area (Å²) in [5, 5.41) is 9.64. The molecule has 2 aliphatic carbocycles. The van der Waals surface area contributed by atoms with Crippen LogP contribution >= 0.6 is 0 Å². The van der Waals surface area contributed by atoms with Gasteiger partial charge in [-0.15, -0.1) is 0 Å². The van der Waals surface area contributed by atoms with Crippen LogP contribution in [0.1, 0.15) is 75.3 Å². The van der Waals surface area contributed by atoms with Crippen LogP contribution in [-0.4, -0.2) is 11.1 Å². The third-order valence-electron chi connectivity index (χ3n) is 5.65. The molecule has 2 nitrogen and oxygen atoms in total. The molecule has 0 heterocycles. The van der Waals surface area contributed by atoms with Gasteiger partial charge in [-0.2, -0.15) is 0 Å². The normalized spacial score (nSPS) is 28.9. The Labute approximate surface area is 127 Å². The lowest BCUT2D eigenvalue weighted by Gasteiger charge is -2.41. The average Bonchev–Trinajstić information content (AvgIpc) is 2.36. The number of aliphatic carboxylic acids is 1. The number of carboxylic acids is 1. The molecule has 114 valence electrons. The molecule has 2 aliphatic rings. The zero-order valence-electron chi connectivity index (χ0n) is 13.1. The summed E-state index contributed by atoms with van der Waals surface area (Å²) in [7, 11) is 0. The van der Waals surface area contributed by atoms with E-state index in [9.17, 15) is 9.90 Å². The highest BCUT2D eigenvalue weighted by Crippen LogP contribution is 2.49. The van der Waals surface area contributed by atoms with Crippen LogP contribution in [-0.2, 0) is 4.79 Å². The summed E-state index contributed by atoms with van der Waals surface area (Å²) in [6.45, 7) is 4.56. The molecule has 0 aliphatic heterocycles. The van der Waals surface area contributed by atoms with Gasteiger partial charge in [0.25, 0.3) is 0 Å². The van der Waals surface area contributed by atoms with Crippen LogP contribution in [0, 0.1) is 11.3 Å². The molecular formula is C19H26O2. The van der Waals surface area contributed by atoms with Crippen LogP contribution in [0.4, 0.5) is 0 Å². The van der Waals surface area contributed by atoms with Crippen molar-refractivity contribution in [2.75, 3.05) is 0 Å². The summed E-state index contributed by atoms with van der Waals surface area (Å²) in [5.41, 5.74) is 3.00. The Kier molecular flexibility index (Phi) is 3.81. The summed E-state index contributed by atoms with van der Waals surface area (Å²) in [6, 6.07) is 8.62. The van der Waals surface area contributed by atoms with Gasteiger partial charge < -0.3 is 5.11 Å². The Hall–Kier alpha value is -1.31. The SMILES string of the molecule is CC1(C)CCC(C(=O)O)C(c2ccccc2C2CCC2)C1. The van der Waals surface area contributed by atoms with Gasteiger partial charge in [-0.1, -0.05) is 44.5 Å². The minimum absolute atomic E-state index is 0.183. The van der Waals surface area contributed by atoms with Crippen LogP contribution in [0.3, 0.4) is 0 Å². The Morgan fingerprint density at radius 1 is 1.14 bits per heavy atom. The van der Waals surface area contributed by atoms with Crippen molar-refractivity contribution in [3.05, 3.63) is 35.4 Å². The van der Waals surface area contributed by atoms with Crippen LogP contribution in [0.5, 0.6) is 0 Å². The first-order valence-electron chi connectivity index (χ1n) is 8.29. The molecule has 0 saturated heterocycles. The van der Waals surface area contributed by atoms with Gasteiger partial charge in [0.1, 0.15) is 0 Å². The second kappa shape index (κ2) is 5.47. The molecule has 2 unspecified atom stereocenters. The van der Waals surface area contributed by atoms with Crippen LogP contribution in [0.2, 0.25) is 0 Å². The zero-order valence-corrected chi connectivity index (χ0v) is 13.1. The Morgan fingerprint density at radius 2 is 1.81 bits per heavy atom. The first kappa shape index (κ1) is 14.6. The highest BCUT2D eigenvalue weighted by molar-refractivity contribution is 5.72. The monoisotopic (exact) mass is 286 g/mol. The van der Waals surface area contributed by atoms with E-state index in [0.29, 0.717) is 5.92 Å². The zero-order chi connectivity index (χ0) is 15.0. The largest absolute Gasteiger partial charge is 0.481 e. The van der Waals surface area contributed by atoms with Crippen molar-refractivity contribution in [3.8, 4) is 0 Å². The van der Waals surface area contributed by atoms with Crippen LogP contribution < -0.4 is 0 Å². The highest BCUT2D eigenvalue weighted by atomic mass is 16.4. The topological polar surface area (TPSA) is 37.3 Å². The predicted octanol–water partition coefficient (Wildman–Crippen LogP) is 4.95. The predicted molar refractivity (Wildman–Crippen MR) is 84.5 cm³/mol. The van der Waals surface area contributed by atoms with E-state index in [4.69, 9.17) is 0 Å². The third kappa shape index (κ3) is 2.86. The minimum atomic E-state index is -0.612. The van der Waals surface area contributed by atoms with Gasteiger partial charge in [0.2, 0.25) is 0 Å². The lowest BCUT2D eigenvalue weighted by Crippen LogP contribution is -2.33. The van der Waals surface area contributed by atoms with Crippen LogP contribution in [0.15, 0.2) is 24.3 Å². The number of rotatable bonds is 3. The Balaban J connectivity index is 1.97. The molecule has 0 aromatic heterocycles. The van der Waals surface area contributed by atoms with E-state index in [1.807, 2.05) is 0 Å². The molecule has 1 N–H and O–H groups in total. The molecule has 0 bridgehead atoms. The number of benzene rings is 1. The number of hydrogen-bond acceptors (Lipinski definition) is 1. The lowest BCUT2D eigenvalue weighted by atomic mass is 9.63. The summed E-state index contributed by atoms with van der Waals surface area (Å²) in [5.74, 6) is 0.0295. The summed E-state index contributed by atoms with van der Waals surface area (Å²) in [6.07, 6.45) is 6.68. The van der Waals surface area contributed by atoms with Gasteiger partial charge >= 0.3 is 5.97 Å². The second-order valence-electron chi connectivity index (χ2n) is 7.71. The molecule has 21 heavy (non-hydrogen) atoms. The fourth-order valence-electron chi connectivity index (χ4n) is 4.15. The molecule has 3 rings (SSSR count). The van der Waals surface area contributed by atoms with Crippen molar-refractivity contribution in [3.63, 3.8) is 0 Å². The van der Waals surface area contributed by atoms with E-state index in [2.05, 4.69) is 38.1 Å². The molecule has 2 fully saturated rings. The van der Waals surface area contributed by atoms with E-state index in [-0.39, 0.29) is 17.3 Å². The number of carboxylic acid groups (broad SMARTS) is 1. The van der Waals surface area contributed by atoms with Crippen molar-refractivity contribution >= 4 is 5.97 Å². The molecule has 2 atom stereocenters. The maximum absolute atomic E-state index is 11.7. The first-order valence-corrected chi connectivity index (χ1v) is 8.29. The van der Waals surface area contributed by atoms with E-state index in [0.717, 1.165) is 19.3 Å². The van der Waals surface area contributed by atoms with Crippen molar-refractivity contribution in [1.29, 1.82) is 0 Å². The second-order valence-corrected chi connectivity index (χ2v) is 7.71. The molecule has 0 amide bonds. The highest BCUT2D eigenvalue weighted by Gasteiger charge is 2.40. The smallest absolute Gasteiger partial charge is 0.307 e. The maximum atomic E-state index is 11.7. The van der Waals surface area contributed by atoms with E-state index >= 15 is 0 Å². The molecule has 2 saturated carbocycles. The molecule has 2 heteroatoms. The number of hydrogen-bond donors (Lipinski definition) is 1. The van der Waals surface area contributed by atoms with E-state index in [1.165, 1.54) is 30.4 Å². The first-order chi connectivity index (χ1) is 9.98. The average molecular weight is 286 g/mol. The van der Waals surface area contributed by atoms with Crippen molar-refractivity contribution in [2.45, 2.75) is 64.2 Å². The summed E-state index contributed by atoms with van der Waals surface area (Å²) in [4.78, 5) is 11.7. The summed E-state index contributed by atoms with van der Waals surface area (Å²) >= 11 is 0. The lowest BCUT2D eigenvalue weighted by molar-refractivity contribution is -0.144. The number of carbonyl (C=O) groups is 1. The van der Waals surface area contributed by atoms with E-state index in [1.54, 1.807) is 0 Å². The van der Waals surface area contributed by atoms with Gasteiger partial charge in [0.05, 0.1) is 5.92 Å². The maximum Gasteiger partial charge on any atom is 0.307 e. The van der Waals surface area contributed by atoms with Gasteiger partial charge in [-0.25, -0.2) is 0 Å². The standard InChI is InChI=1S/C19H26O2/c1-19(2)11-10-16(18(20)21)17(12-19)15-9-4-3-8-14(15)13-6-5-7-13/h3-4,8-9,13,16-17H,5-7,10-12H2,1-2H3,(H,20,21). The molecular weight excluding hydrogens is 260 g/mol. The van der Waals surface area contributed by atoms with Crippen molar-refractivity contribution < 1.29 is 9.90 Å². The fourth-order valence-corrected chi connectivity index (χ4v) is 4.15. The summed E-state index contributed by atoms with van der Waals surface area (Å²) < 4.78 is 0. The third-order valence-corrected chi connectivity index (χ3v) is 5.65. The van der Waals surface area contributed by atoms with Gasteiger partial charge in [-0.05, 0) is 60.5 Å². The van der Waals surface area contributed by atoms with Gasteiger partial charge in [0, 0.05) is 0 Å².